The van der Waals surface area contributed by atoms with Crippen molar-refractivity contribution in [1.82, 2.24) is 0 Å². The zero-order chi connectivity index (χ0) is 40.2. The Morgan fingerprint density at radius 3 is 1.14 bits per heavy atom. The van der Waals surface area contributed by atoms with Crippen LogP contribution in [0.2, 0.25) is 13.1 Å². The Labute approximate surface area is 341 Å². The van der Waals surface area contributed by atoms with E-state index in [1.165, 1.54) is 77.9 Å². The van der Waals surface area contributed by atoms with Crippen LogP contribution in [0.1, 0.15) is 97.1 Å². The van der Waals surface area contributed by atoms with Crippen LogP contribution in [0, 0.1) is 69.2 Å². The van der Waals surface area contributed by atoms with Gasteiger partial charge in [0, 0.05) is 0 Å². The summed E-state index contributed by atoms with van der Waals surface area (Å²) in [5.74, 6) is 3.56. The summed E-state index contributed by atoms with van der Waals surface area (Å²) < 4.78 is 12.9. The molecular formula is C50H52Cl2O2SiZr. The Morgan fingerprint density at radius 2 is 0.839 bits per heavy atom. The van der Waals surface area contributed by atoms with E-state index >= 15 is 0 Å². The van der Waals surface area contributed by atoms with Crippen molar-refractivity contribution < 1.29 is 23.8 Å². The van der Waals surface area contributed by atoms with Gasteiger partial charge in [0.2, 0.25) is 0 Å². The Morgan fingerprint density at radius 1 is 0.482 bits per heavy atom. The van der Waals surface area contributed by atoms with Gasteiger partial charge in [0.05, 0.1) is 0 Å². The fraction of sp³-hybridized carbons (Fsp3) is 0.280. The van der Waals surface area contributed by atoms with E-state index in [0.29, 0.717) is 0 Å². The van der Waals surface area contributed by atoms with E-state index < -0.39 is 20.4 Å². The summed E-state index contributed by atoms with van der Waals surface area (Å²) in [4.78, 5) is 0. The molecule has 56 heavy (non-hydrogen) atoms. The number of hydrogen-bond donors (Lipinski definition) is 0. The normalized spacial score (nSPS) is 16.6. The Kier molecular flexibility index (Phi) is 9.76. The minimum absolute atomic E-state index is 0.226. The zero-order valence-corrected chi connectivity index (χ0v) is 39.8. The average molecular weight is 875 g/mol. The van der Waals surface area contributed by atoms with Gasteiger partial charge in [0.25, 0.3) is 0 Å². The molecule has 2 aromatic heterocycles. The number of halogens is 2. The molecular weight excluding hydrogens is 823 g/mol. The third-order valence-corrected chi connectivity index (χ3v) is 59.0. The first-order valence-electron chi connectivity index (χ1n) is 19.8. The second-order valence-electron chi connectivity index (χ2n) is 17.2. The molecule has 2 aliphatic carbocycles. The maximum absolute atomic E-state index is 9.01. The van der Waals surface area contributed by atoms with Crippen molar-refractivity contribution in [3.05, 3.63) is 163 Å². The molecule has 2 unspecified atom stereocenters. The molecule has 0 saturated carbocycles. The topological polar surface area (TPSA) is 26.3 Å². The molecule has 2 aliphatic rings. The van der Waals surface area contributed by atoms with Crippen molar-refractivity contribution in [2.24, 2.45) is 0 Å². The summed E-state index contributed by atoms with van der Waals surface area (Å²) in [6, 6.07) is 27.4. The first kappa shape index (κ1) is 39.4. The fourth-order valence-corrected chi connectivity index (χ4v) is 37.5. The number of benzene rings is 4. The molecule has 2 nitrogen and oxygen atoms in total. The van der Waals surface area contributed by atoms with E-state index in [1.54, 1.807) is 0 Å². The van der Waals surface area contributed by atoms with Crippen molar-refractivity contribution >= 4 is 45.8 Å². The molecule has 2 heterocycles. The van der Waals surface area contributed by atoms with Crippen molar-refractivity contribution in [3.8, 4) is 22.3 Å². The second-order valence-corrected chi connectivity index (χ2v) is 56.0. The number of allylic oxidation sites excluding steroid dienone is 2. The van der Waals surface area contributed by atoms with Crippen LogP contribution in [0.15, 0.2) is 81.6 Å². The van der Waals surface area contributed by atoms with Gasteiger partial charge >= 0.3 is 344 Å². The number of hydrogen-bond acceptors (Lipinski definition) is 2. The summed E-state index contributed by atoms with van der Waals surface area (Å²) in [5, 5.41) is 0. The standard InChI is InChI=1S/2C24H23O.C2H6Si.2ClH.Zr/c2*1-14-8-15(2)10-21(9-14)24-16(3)6-7-19-12-20(13-22(19)24)23-11-17(4)18(5)25-23;1-3-2;;;/h2*6-13H,1-5H3;1-2H3;2*1H;/q;;;;;+2/p-2. The van der Waals surface area contributed by atoms with Crippen LogP contribution < -0.4 is 0 Å². The van der Waals surface area contributed by atoms with Gasteiger partial charge in [0.15, 0.2) is 0 Å². The van der Waals surface area contributed by atoms with Crippen LogP contribution in [-0.4, -0.2) is 5.43 Å². The van der Waals surface area contributed by atoms with Crippen molar-refractivity contribution in [1.29, 1.82) is 0 Å². The van der Waals surface area contributed by atoms with E-state index in [-0.39, 0.29) is 7.25 Å². The van der Waals surface area contributed by atoms with Gasteiger partial charge in [-0.3, -0.25) is 0 Å². The number of rotatable bonds is 6. The predicted octanol–water partition coefficient (Wildman–Crippen LogP) is 15.4. The molecule has 0 aliphatic heterocycles. The summed E-state index contributed by atoms with van der Waals surface area (Å²) in [6.07, 6.45) is 4.77. The van der Waals surface area contributed by atoms with Gasteiger partial charge in [-0.05, 0) is 0 Å². The molecule has 8 rings (SSSR count). The second kappa shape index (κ2) is 13.9. The van der Waals surface area contributed by atoms with E-state index in [1.807, 2.05) is 0 Å². The predicted molar refractivity (Wildman–Crippen MR) is 239 cm³/mol. The van der Waals surface area contributed by atoms with Gasteiger partial charge in [-0.2, -0.15) is 0 Å². The van der Waals surface area contributed by atoms with Crippen molar-refractivity contribution in [2.45, 2.75) is 89.6 Å². The number of fused-ring (bicyclic) bond motifs is 2. The quantitative estimate of drug-likeness (QED) is 0.156. The van der Waals surface area contributed by atoms with E-state index in [2.05, 4.69) is 167 Å². The molecule has 4 aromatic carbocycles. The molecule has 0 radical (unpaired) electrons. The molecule has 6 heteroatoms. The van der Waals surface area contributed by atoms with Crippen molar-refractivity contribution in [2.75, 3.05) is 0 Å². The first-order valence-corrected chi connectivity index (χ1v) is 35.1. The minimum atomic E-state index is -5.41. The molecule has 0 fully saturated rings. The molecule has 0 spiro atoms. The van der Waals surface area contributed by atoms with Gasteiger partial charge < -0.3 is 0 Å². The van der Waals surface area contributed by atoms with Gasteiger partial charge in [0.1, 0.15) is 0 Å². The average Bonchev–Trinajstić information content (AvgIpc) is 3.87. The fourth-order valence-electron chi connectivity index (χ4n) is 9.86. The SMILES string of the molecule is Cc1cc(C)cc(-c2c(C)ccc3c2C=C(c2cc(C)c(C)o2)[CH]3[Zr]([Cl])([Cl])([CH]2C(c3cc(C)c(C)o3)=Cc3c2ccc(C)c3-c2cc(C)cc(C)c2)=[Si](C)C)c1. The molecule has 6 aromatic rings. The molecule has 0 N–H and O–H groups in total. The Hall–Kier alpha value is -3.40. The third-order valence-electron chi connectivity index (χ3n) is 12.8. The third kappa shape index (κ3) is 6.12. The zero-order valence-electron chi connectivity index (χ0n) is 34.8. The van der Waals surface area contributed by atoms with E-state index in [0.717, 1.165) is 45.3 Å². The van der Waals surface area contributed by atoms with Crippen LogP contribution in [0.3, 0.4) is 0 Å². The first-order chi connectivity index (χ1) is 26.4. The summed E-state index contributed by atoms with van der Waals surface area (Å²) in [7, 11) is 18.0. The molecule has 0 amide bonds. The number of furan rings is 2. The Balaban J connectivity index is 1.48. The van der Waals surface area contributed by atoms with Crippen LogP contribution in [0.25, 0.3) is 45.6 Å². The van der Waals surface area contributed by atoms with Crippen LogP contribution in [-0.2, 0) is 15.0 Å². The maximum atomic E-state index is 9.01. The van der Waals surface area contributed by atoms with Crippen LogP contribution >= 0.6 is 17.0 Å². The molecule has 0 saturated heterocycles. The monoisotopic (exact) mass is 872 g/mol. The van der Waals surface area contributed by atoms with Gasteiger partial charge in [-0.25, -0.2) is 0 Å². The van der Waals surface area contributed by atoms with Crippen LogP contribution in [0.5, 0.6) is 0 Å². The summed E-state index contributed by atoms with van der Waals surface area (Å²) >= 11 is -5.41. The molecule has 2 atom stereocenters. The molecule has 0 bridgehead atoms. The van der Waals surface area contributed by atoms with Crippen molar-refractivity contribution in [3.63, 3.8) is 0 Å². The van der Waals surface area contributed by atoms with Crippen LogP contribution in [0.4, 0.5) is 0 Å². The summed E-state index contributed by atoms with van der Waals surface area (Å²) in [5.41, 5.74) is 20.3. The van der Waals surface area contributed by atoms with Gasteiger partial charge in [-0.1, -0.05) is 0 Å². The summed E-state index contributed by atoms with van der Waals surface area (Å²) in [6.45, 7) is 26.3. The van der Waals surface area contributed by atoms with E-state index in [4.69, 9.17) is 25.9 Å². The van der Waals surface area contributed by atoms with E-state index in [9.17, 15) is 0 Å². The molecule has 286 valence electrons. The number of aryl methyl sites for hydroxylation is 10. The Bertz CT molecular complexity index is 2540. The van der Waals surface area contributed by atoms with Gasteiger partial charge in [-0.15, -0.1) is 0 Å².